The SMILES string of the molecule is N#Cc1c(-c2ccc(Cl)c(Cl)c2)c2c(=O)[nH]c3ccccc3c2oc1=N. The number of nitrogens with zero attached hydrogens (tertiary/aromatic N) is 1. The summed E-state index contributed by atoms with van der Waals surface area (Å²) in [6.07, 6.45) is 0. The van der Waals surface area contributed by atoms with E-state index in [9.17, 15) is 10.1 Å². The van der Waals surface area contributed by atoms with Crippen LogP contribution < -0.4 is 11.1 Å². The second-order valence-electron chi connectivity index (χ2n) is 5.63. The van der Waals surface area contributed by atoms with E-state index >= 15 is 0 Å². The van der Waals surface area contributed by atoms with Crippen LogP contribution in [0.2, 0.25) is 10.0 Å². The van der Waals surface area contributed by atoms with E-state index in [1.54, 1.807) is 42.5 Å². The first-order valence-electron chi connectivity index (χ1n) is 7.53. The summed E-state index contributed by atoms with van der Waals surface area (Å²) in [5.41, 5.74) is 0.844. The Morgan fingerprint density at radius 2 is 1.88 bits per heavy atom. The van der Waals surface area contributed by atoms with Gasteiger partial charge in [-0.1, -0.05) is 41.4 Å². The molecule has 0 atom stereocenters. The molecule has 0 amide bonds. The Bertz CT molecular complexity index is 1360. The topological polar surface area (TPSA) is 93.6 Å². The Balaban J connectivity index is 2.29. The largest absolute Gasteiger partial charge is 0.437 e. The minimum Gasteiger partial charge on any atom is -0.437 e. The molecule has 5 nitrogen and oxygen atoms in total. The third-order valence-corrected chi connectivity index (χ3v) is 4.86. The molecule has 7 heteroatoms. The highest BCUT2D eigenvalue weighted by Gasteiger charge is 2.20. The molecule has 0 radical (unpaired) electrons. The highest BCUT2D eigenvalue weighted by Crippen LogP contribution is 2.34. The van der Waals surface area contributed by atoms with Crippen LogP contribution in [-0.4, -0.2) is 4.98 Å². The molecule has 0 saturated heterocycles. The molecule has 26 heavy (non-hydrogen) atoms. The van der Waals surface area contributed by atoms with Crippen LogP contribution in [0.1, 0.15) is 5.56 Å². The molecule has 0 unspecified atom stereocenters. The van der Waals surface area contributed by atoms with Crippen molar-refractivity contribution < 1.29 is 4.42 Å². The Labute approximate surface area is 156 Å². The maximum atomic E-state index is 12.8. The van der Waals surface area contributed by atoms with Crippen molar-refractivity contribution in [3.05, 3.63) is 74.0 Å². The van der Waals surface area contributed by atoms with Gasteiger partial charge in [-0.05, 0) is 29.8 Å². The molecule has 0 fully saturated rings. The maximum absolute atomic E-state index is 12.8. The van der Waals surface area contributed by atoms with E-state index in [2.05, 4.69) is 4.98 Å². The van der Waals surface area contributed by atoms with Crippen LogP contribution >= 0.6 is 23.2 Å². The zero-order valence-corrected chi connectivity index (χ0v) is 14.6. The molecule has 4 rings (SSSR count). The van der Waals surface area contributed by atoms with E-state index in [-0.39, 0.29) is 27.1 Å². The number of pyridine rings is 1. The summed E-state index contributed by atoms with van der Waals surface area (Å²) in [6, 6.07) is 13.9. The van der Waals surface area contributed by atoms with Crippen molar-refractivity contribution in [2.45, 2.75) is 0 Å². The predicted octanol–water partition coefficient (Wildman–Crippen LogP) is 4.60. The van der Waals surface area contributed by atoms with E-state index in [4.69, 9.17) is 33.0 Å². The van der Waals surface area contributed by atoms with E-state index < -0.39 is 5.56 Å². The van der Waals surface area contributed by atoms with Gasteiger partial charge in [0.25, 0.3) is 5.56 Å². The summed E-state index contributed by atoms with van der Waals surface area (Å²) in [5.74, 6) is 0. The van der Waals surface area contributed by atoms with Crippen molar-refractivity contribution in [1.82, 2.24) is 4.98 Å². The average Bonchev–Trinajstić information content (AvgIpc) is 2.63. The molecule has 0 bridgehead atoms. The quantitative estimate of drug-likeness (QED) is 0.471. The Morgan fingerprint density at radius 1 is 1.12 bits per heavy atom. The standard InChI is InChI=1S/C19H9Cl2N3O2/c20-12-6-5-9(7-13(12)21)15-11(8-22)18(23)26-17-10-3-1-2-4-14(10)24-19(25)16(15)17/h1-7,23H,(H,24,25). The first kappa shape index (κ1) is 16.4. The van der Waals surface area contributed by atoms with Gasteiger partial charge in [-0.2, -0.15) is 5.26 Å². The molecule has 126 valence electrons. The van der Waals surface area contributed by atoms with Crippen molar-refractivity contribution in [3.8, 4) is 17.2 Å². The molecule has 2 N–H and O–H groups in total. The van der Waals surface area contributed by atoms with Crippen LogP contribution in [-0.2, 0) is 0 Å². The summed E-state index contributed by atoms with van der Waals surface area (Å²) >= 11 is 12.1. The van der Waals surface area contributed by atoms with Gasteiger partial charge in [-0.3, -0.25) is 10.2 Å². The Hall–Kier alpha value is -3.07. The number of hydrogen-bond donors (Lipinski definition) is 2. The summed E-state index contributed by atoms with van der Waals surface area (Å²) in [6.45, 7) is 0. The van der Waals surface area contributed by atoms with Gasteiger partial charge in [0, 0.05) is 10.9 Å². The van der Waals surface area contributed by atoms with Crippen molar-refractivity contribution in [2.75, 3.05) is 0 Å². The molecule has 2 aromatic heterocycles. The number of halogens is 2. The second-order valence-corrected chi connectivity index (χ2v) is 6.44. The number of fused-ring (bicyclic) bond motifs is 3. The van der Waals surface area contributed by atoms with Crippen LogP contribution in [0.3, 0.4) is 0 Å². The lowest BCUT2D eigenvalue weighted by Crippen LogP contribution is -2.14. The average molecular weight is 382 g/mol. The lowest BCUT2D eigenvalue weighted by atomic mass is 9.97. The number of aromatic amines is 1. The number of rotatable bonds is 1. The third kappa shape index (κ3) is 2.39. The minimum atomic E-state index is -0.417. The van der Waals surface area contributed by atoms with Crippen LogP contribution in [0.4, 0.5) is 0 Å². The number of benzene rings is 2. The number of hydrogen-bond acceptors (Lipinski definition) is 4. The lowest BCUT2D eigenvalue weighted by Gasteiger charge is -2.11. The van der Waals surface area contributed by atoms with Crippen molar-refractivity contribution >= 4 is 45.1 Å². The van der Waals surface area contributed by atoms with E-state index in [1.165, 1.54) is 0 Å². The molecule has 2 aromatic carbocycles. The highest BCUT2D eigenvalue weighted by atomic mass is 35.5. The molecular weight excluding hydrogens is 373 g/mol. The van der Waals surface area contributed by atoms with E-state index in [0.29, 0.717) is 27.1 Å². The van der Waals surface area contributed by atoms with Gasteiger partial charge in [0.05, 0.1) is 20.9 Å². The van der Waals surface area contributed by atoms with Gasteiger partial charge in [0.15, 0.2) is 5.58 Å². The van der Waals surface area contributed by atoms with Crippen LogP contribution in [0.25, 0.3) is 33.0 Å². The van der Waals surface area contributed by atoms with Gasteiger partial charge in [0.1, 0.15) is 11.6 Å². The second kappa shape index (κ2) is 6.03. The number of H-pyrrole nitrogens is 1. The van der Waals surface area contributed by atoms with E-state index in [0.717, 1.165) is 0 Å². The van der Waals surface area contributed by atoms with Crippen LogP contribution in [0, 0.1) is 16.7 Å². The molecule has 0 saturated carbocycles. The third-order valence-electron chi connectivity index (χ3n) is 4.13. The zero-order valence-electron chi connectivity index (χ0n) is 13.1. The normalized spacial score (nSPS) is 11.0. The fraction of sp³-hybridized carbons (Fsp3) is 0. The first-order chi connectivity index (χ1) is 12.5. The van der Waals surface area contributed by atoms with Crippen LogP contribution in [0.5, 0.6) is 0 Å². The highest BCUT2D eigenvalue weighted by molar-refractivity contribution is 6.42. The first-order valence-corrected chi connectivity index (χ1v) is 8.29. The number of para-hydroxylation sites is 1. The maximum Gasteiger partial charge on any atom is 0.260 e. The molecule has 4 aromatic rings. The van der Waals surface area contributed by atoms with Gasteiger partial charge in [-0.15, -0.1) is 0 Å². The number of aromatic nitrogens is 1. The van der Waals surface area contributed by atoms with Crippen molar-refractivity contribution in [3.63, 3.8) is 0 Å². The fourth-order valence-corrected chi connectivity index (χ4v) is 3.28. The van der Waals surface area contributed by atoms with E-state index in [1.807, 2.05) is 6.07 Å². The monoisotopic (exact) mass is 381 g/mol. The molecule has 2 heterocycles. The summed E-state index contributed by atoms with van der Waals surface area (Å²) in [4.78, 5) is 15.6. The van der Waals surface area contributed by atoms with Crippen LogP contribution in [0.15, 0.2) is 51.7 Å². The molecule has 0 aliphatic carbocycles. The summed E-state index contributed by atoms with van der Waals surface area (Å²) < 4.78 is 5.56. The fourth-order valence-electron chi connectivity index (χ4n) is 2.98. The van der Waals surface area contributed by atoms with Crippen molar-refractivity contribution in [1.29, 1.82) is 10.7 Å². The molecular formula is C19H9Cl2N3O2. The number of nitrogens with one attached hydrogen (secondary N) is 2. The summed E-state index contributed by atoms with van der Waals surface area (Å²) in [5, 5.41) is 19.1. The van der Waals surface area contributed by atoms with Gasteiger partial charge in [0.2, 0.25) is 5.55 Å². The molecule has 0 aliphatic rings. The zero-order chi connectivity index (χ0) is 18.4. The van der Waals surface area contributed by atoms with Crippen molar-refractivity contribution in [2.24, 2.45) is 0 Å². The number of nitriles is 1. The Kier molecular flexibility index (Phi) is 3.80. The smallest absolute Gasteiger partial charge is 0.260 e. The minimum absolute atomic E-state index is 0.0447. The van der Waals surface area contributed by atoms with Gasteiger partial charge in [-0.25, -0.2) is 0 Å². The predicted molar refractivity (Wildman–Crippen MR) is 100 cm³/mol. The van der Waals surface area contributed by atoms with Gasteiger partial charge < -0.3 is 9.40 Å². The molecule has 0 spiro atoms. The van der Waals surface area contributed by atoms with Gasteiger partial charge >= 0.3 is 0 Å². The molecule has 0 aliphatic heterocycles. The lowest BCUT2D eigenvalue weighted by molar-refractivity contribution is 0.533. The summed E-state index contributed by atoms with van der Waals surface area (Å²) in [7, 11) is 0. The Morgan fingerprint density at radius 3 is 2.62 bits per heavy atom.